The van der Waals surface area contributed by atoms with Crippen molar-refractivity contribution in [2.24, 2.45) is 4.99 Å². The summed E-state index contributed by atoms with van der Waals surface area (Å²) in [5.41, 5.74) is 2.83. The van der Waals surface area contributed by atoms with Gasteiger partial charge < -0.3 is 0 Å². The van der Waals surface area contributed by atoms with Gasteiger partial charge in [0.2, 0.25) is 0 Å². The molecule has 0 saturated carbocycles. The quantitative estimate of drug-likeness (QED) is 0.198. The Morgan fingerprint density at radius 1 is 1.50 bits per heavy atom. The van der Waals surface area contributed by atoms with E-state index in [1.54, 1.807) is 0 Å². The Labute approximate surface area is 66.5 Å². The first-order chi connectivity index (χ1) is 4.91. The van der Waals surface area contributed by atoms with Crippen LogP contribution in [0, 0.1) is 0 Å². The average Bonchev–Trinajstić information content (AvgIpc) is 1.97. The second-order valence-electron chi connectivity index (χ2n) is 1.59. The molecule has 0 amide bonds. The molecule has 10 heavy (non-hydrogen) atoms. The second-order valence-corrected chi connectivity index (χ2v) is 1.77. The zero-order valence-corrected chi connectivity index (χ0v) is 6.53. The van der Waals surface area contributed by atoms with E-state index in [1.165, 1.54) is 6.20 Å². The predicted octanol–water partition coefficient (Wildman–Crippen LogP) is 2.72. The van der Waals surface area contributed by atoms with Crippen LogP contribution < -0.4 is 0 Å². The summed E-state index contributed by atoms with van der Waals surface area (Å²) >= 11 is 4.33. The summed E-state index contributed by atoms with van der Waals surface area (Å²) in [6, 6.07) is 0. The molecule has 0 spiro atoms. The third-order valence-electron chi connectivity index (χ3n) is 0.825. The van der Waals surface area contributed by atoms with Crippen molar-refractivity contribution in [3.05, 3.63) is 30.7 Å². The van der Waals surface area contributed by atoms with Gasteiger partial charge in [0.15, 0.2) is 0 Å². The number of hydrogen-bond acceptors (Lipinski definition) is 2. The van der Waals surface area contributed by atoms with E-state index in [1.807, 2.05) is 12.2 Å². The Morgan fingerprint density at radius 2 is 2.30 bits per heavy atom. The highest BCUT2D eigenvalue weighted by molar-refractivity contribution is 7.78. The Balaban J connectivity index is 3.53. The van der Waals surface area contributed by atoms with Gasteiger partial charge in [0.1, 0.15) is 0 Å². The molecule has 2 heteroatoms. The van der Waals surface area contributed by atoms with Crippen LogP contribution in [0.1, 0.15) is 12.8 Å². The van der Waals surface area contributed by atoms with Crippen molar-refractivity contribution in [3.8, 4) is 0 Å². The van der Waals surface area contributed by atoms with Crippen molar-refractivity contribution in [3.63, 3.8) is 0 Å². The molecule has 0 heterocycles. The first-order valence-corrected chi connectivity index (χ1v) is 3.40. The molecule has 1 nitrogen and oxygen atoms in total. The fourth-order valence-corrected chi connectivity index (χ4v) is 0.454. The lowest BCUT2D eigenvalue weighted by atomic mass is 10.3. The number of unbranched alkanes of at least 4 members (excludes halogenated alkanes) is 1. The smallest absolute Gasteiger partial charge is 0.0793 e. The van der Waals surface area contributed by atoms with E-state index in [0.717, 1.165) is 12.8 Å². The number of nitrogens with zero attached hydrogens (tertiary/aromatic N) is 1. The third-order valence-corrected chi connectivity index (χ3v) is 0.930. The number of allylic oxidation sites excluding steroid dienone is 2. The Kier molecular flexibility index (Phi) is 7.30. The molecule has 0 aliphatic carbocycles. The minimum Gasteiger partial charge on any atom is -0.194 e. The molecular formula is C8H9NS. The van der Waals surface area contributed by atoms with Crippen molar-refractivity contribution in [2.75, 3.05) is 0 Å². The van der Waals surface area contributed by atoms with Crippen LogP contribution in [-0.4, -0.2) is 5.16 Å². The molecule has 0 bridgehead atoms. The number of hydrogen-bond donors (Lipinski definition) is 0. The number of aliphatic imine (C=N–C) groups is 1. The standard InChI is InChI=1S/C8H9NS/c1-2-3-4-5-6-7-9-8-10/h2,5,7H,1,3-4H2. The average molecular weight is 151 g/mol. The zero-order chi connectivity index (χ0) is 7.66. The molecule has 0 rings (SSSR count). The molecule has 52 valence electrons. The second kappa shape index (κ2) is 8.06. The van der Waals surface area contributed by atoms with Gasteiger partial charge in [-0.05, 0) is 31.1 Å². The number of rotatable bonds is 4. The topological polar surface area (TPSA) is 12.4 Å². The molecule has 0 aromatic carbocycles. The van der Waals surface area contributed by atoms with E-state index in [0.29, 0.717) is 0 Å². The van der Waals surface area contributed by atoms with Gasteiger partial charge in [0, 0.05) is 0 Å². The van der Waals surface area contributed by atoms with Crippen molar-refractivity contribution < 1.29 is 0 Å². The van der Waals surface area contributed by atoms with Gasteiger partial charge in [0.05, 0.1) is 11.4 Å². The fourth-order valence-electron chi connectivity index (χ4n) is 0.401. The molecule has 0 atom stereocenters. The molecule has 0 aromatic heterocycles. The lowest BCUT2D eigenvalue weighted by Crippen LogP contribution is -1.58. The van der Waals surface area contributed by atoms with Crippen molar-refractivity contribution in [1.82, 2.24) is 0 Å². The summed E-state index contributed by atoms with van der Waals surface area (Å²) in [6.07, 6.45) is 7.17. The summed E-state index contributed by atoms with van der Waals surface area (Å²) in [6.45, 7) is 3.58. The van der Waals surface area contributed by atoms with Crippen molar-refractivity contribution >= 4 is 17.4 Å². The minimum absolute atomic E-state index is 0.951. The van der Waals surface area contributed by atoms with Gasteiger partial charge >= 0.3 is 0 Å². The highest BCUT2D eigenvalue weighted by Crippen LogP contribution is 1.88. The first-order valence-electron chi connectivity index (χ1n) is 2.99. The van der Waals surface area contributed by atoms with Gasteiger partial charge in [-0.2, -0.15) is 4.99 Å². The Morgan fingerprint density at radius 3 is 2.90 bits per heavy atom. The van der Waals surface area contributed by atoms with Gasteiger partial charge in [-0.1, -0.05) is 6.08 Å². The van der Waals surface area contributed by atoms with Crippen LogP contribution in [0.15, 0.2) is 35.7 Å². The Bertz CT molecular complexity index is 193. The van der Waals surface area contributed by atoms with Crippen molar-refractivity contribution in [2.45, 2.75) is 12.8 Å². The maximum Gasteiger partial charge on any atom is 0.0793 e. The van der Waals surface area contributed by atoms with Crippen LogP contribution in [0.3, 0.4) is 0 Å². The summed E-state index contributed by atoms with van der Waals surface area (Å²) in [4.78, 5) is 3.54. The molecule has 0 aliphatic heterocycles. The normalized spacial score (nSPS) is 6.80. The molecule has 0 aromatic rings. The van der Waals surface area contributed by atoms with E-state index in [2.05, 4.69) is 34.7 Å². The number of isothiocyanates is 1. The lowest BCUT2D eigenvalue weighted by Gasteiger charge is -1.77. The van der Waals surface area contributed by atoms with Gasteiger partial charge in [-0.3, -0.25) is 0 Å². The molecule has 0 aliphatic rings. The molecule has 0 saturated heterocycles. The van der Waals surface area contributed by atoms with Crippen LogP contribution in [0.25, 0.3) is 0 Å². The maximum absolute atomic E-state index is 4.33. The summed E-state index contributed by atoms with van der Waals surface area (Å²) < 4.78 is 0. The van der Waals surface area contributed by atoms with E-state index < -0.39 is 0 Å². The lowest BCUT2D eigenvalue weighted by molar-refractivity contribution is 1.06. The predicted molar refractivity (Wildman–Crippen MR) is 47.1 cm³/mol. The summed E-state index contributed by atoms with van der Waals surface area (Å²) in [5, 5.41) is 2.21. The molecule has 0 fully saturated rings. The summed E-state index contributed by atoms with van der Waals surface area (Å²) in [7, 11) is 0. The minimum atomic E-state index is 0.951. The monoisotopic (exact) mass is 151 g/mol. The van der Waals surface area contributed by atoms with Gasteiger partial charge in [0.25, 0.3) is 0 Å². The van der Waals surface area contributed by atoms with Crippen LogP contribution in [-0.2, 0) is 0 Å². The molecule has 0 unspecified atom stereocenters. The largest absolute Gasteiger partial charge is 0.194 e. The number of thiocarbonyl (C=S) groups is 1. The fraction of sp³-hybridized carbons (Fsp3) is 0.250. The van der Waals surface area contributed by atoms with Crippen LogP contribution in [0.2, 0.25) is 0 Å². The molecule has 0 radical (unpaired) electrons. The van der Waals surface area contributed by atoms with Crippen LogP contribution in [0.4, 0.5) is 0 Å². The SMILES string of the molecule is C=CCCC=C=CN=C=S. The maximum atomic E-state index is 4.33. The highest BCUT2D eigenvalue weighted by atomic mass is 32.1. The van der Waals surface area contributed by atoms with Gasteiger partial charge in [-0.15, -0.1) is 12.3 Å². The van der Waals surface area contributed by atoms with Crippen molar-refractivity contribution in [1.29, 1.82) is 0 Å². The van der Waals surface area contributed by atoms with Gasteiger partial charge in [-0.25, -0.2) is 0 Å². The zero-order valence-electron chi connectivity index (χ0n) is 5.71. The molecular weight excluding hydrogens is 142 g/mol. The van der Waals surface area contributed by atoms with E-state index in [9.17, 15) is 0 Å². The molecule has 0 N–H and O–H groups in total. The van der Waals surface area contributed by atoms with E-state index in [-0.39, 0.29) is 0 Å². The Hall–Kier alpha value is -0.940. The van der Waals surface area contributed by atoms with E-state index >= 15 is 0 Å². The van der Waals surface area contributed by atoms with Crippen LogP contribution >= 0.6 is 12.2 Å². The first kappa shape index (κ1) is 9.06. The third kappa shape index (κ3) is 7.06. The van der Waals surface area contributed by atoms with E-state index in [4.69, 9.17) is 0 Å². The highest BCUT2D eigenvalue weighted by Gasteiger charge is 1.69. The van der Waals surface area contributed by atoms with Crippen LogP contribution in [0.5, 0.6) is 0 Å². The summed E-state index contributed by atoms with van der Waals surface area (Å²) in [5.74, 6) is 0.